The lowest BCUT2D eigenvalue weighted by Gasteiger charge is -2.52. The van der Waals surface area contributed by atoms with E-state index in [0.717, 1.165) is 12.8 Å². The third-order valence-electron chi connectivity index (χ3n) is 4.40. The molecule has 2 saturated heterocycles. The normalized spacial score (nSPS) is 22.0. The van der Waals surface area contributed by atoms with Crippen molar-refractivity contribution in [2.45, 2.75) is 24.5 Å². The van der Waals surface area contributed by atoms with Crippen LogP contribution in [0.3, 0.4) is 0 Å². The van der Waals surface area contributed by atoms with Crippen LogP contribution in [0.1, 0.15) is 23.3 Å². The van der Waals surface area contributed by atoms with Crippen LogP contribution in [-0.2, 0) is 4.74 Å². The minimum Gasteiger partial charge on any atom is -0.474 e. The largest absolute Gasteiger partial charge is 0.474 e. The standard InChI is InChI=1S/C17H18N4O3/c22-16(14-10-18-6-7-19-14)21-11-17(12-21)9-13(4-8-23-17)24-15-3-1-2-5-20-15/h1-3,5-7,10,13H,4,8-9,11-12H2/t13-/m1/s1. The van der Waals surface area contributed by atoms with Crippen molar-refractivity contribution in [1.29, 1.82) is 0 Å². The van der Waals surface area contributed by atoms with Crippen molar-refractivity contribution in [2.75, 3.05) is 19.7 Å². The maximum Gasteiger partial charge on any atom is 0.274 e. The van der Waals surface area contributed by atoms with Crippen molar-refractivity contribution in [3.05, 3.63) is 48.7 Å². The number of amides is 1. The molecule has 0 N–H and O–H groups in total. The highest BCUT2D eigenvalue weighted by Gasteiger charge is 2.50. The van der Waals surface area contributed by atoms with Gasteiger partial charge in [0.25, 0.3) is 5.91 Å². The van der Waals surface area contributed by atoms with Gasteiger partial charge in [-0.05, 0) is 6.07 Å². The van der Waals surface area contributed by atoms with Gasteiger partial charge in [0.05, 0.1) is 25.9 Å². The van der Waals surface area contributed by atoms with Gasteiger partial charge in [0.1, 0.15) is 17.4 Å². The van der Waals surface area contributed by atoms with E-state index in [4.69, 9.17) is 9.47 Å². The van der Waals surface area contributed by atoms with Gasteiger partial charge in [-0.3, -0.25) is 9.78 Å². The summed E-state index contributed by atoms with van der Waals surface area (Å²) in [5.41, 5.74) is 0.0553. The Labute approximate surface area is 139 Å². The Morgan fingerprint density at radius 2 is 2.17 bits per heavy atom. The van der Waals surface area contributed by atoms with E-state index in [1.165, 1.54) is 12.4 Å². The first kappa shape index (κ1) is 15.0. The first-order valence-corrected chi connectivity index (χ1v) is 8.01. The van der Waals surface area contributed by atoms with Gasteiger partial charge in [0.2, 0.25) is 5.88 Å². The molecule has 0 aliphatic carbocycles. The minimum atomic E-state index is -0.310. The Morgan fingerprint density at radius 3 is 2.92 bits per heavy atom. The molecule has 0 unspecified atom stereocenters. The number of carbonyl (C=O) groups excluding carboxylic acids is 1. The van der Waals surface area contributed by atoms with Gasteiger partial charge < -0.3 is 14.4 Å². The van der Waals surface area contributed by atoms with Crippen LogP contribution in [0.4, 0.5) is 0 Å². The van der Waals surface area contributed by atoms with Crippen LogP contribution >= 0.6 is 0 Å². The summed E-state index contributed by atoms with van der Waals surface area (Å²) in [6.07, 6.45) is 7.93. The fourth-order valence-corrected chi connectivity index (χ4v) is 3.26. The summed E-state index contributed by atoms with van der Waals surface area (Å²) in [7, 11) is 0. The molecule has 24 heavy (non-hydrogen) atoms. The van der Waals surface area contributed by atoms with Gasteiger partial charge in [-0.2, -0.15) is 0 Å². The second kappa shape index (κ2) is 6.16. The van der Waals surface area contributed by atoms with Crippen molar-refractivity contribution < 1.29 is 14.3 Å². The average Bonchev–Trinajstić information content (AvgIpc) is 2.61. The average molecular weight is 326 g/mol. The minimum absolute atomic E-state index is 0.0578. The first-order chi connectivity index (χ1) is 11.7. The molecule has 1 atom stereocenters. The molecule has 0 bridgehead atoms. The predicted molar refractivity (Wildman–Crippen MR) is 84.5 cm³/mol. The first-order valence-electron chi connectivity index (χ1n) is 8.01. The van der Waals surface area contributed by atoms with Crippen LogP contribution in [0.15, 0.2) is 43.0 Å². The summed E-state index contributed by atoms with van der Waals surface area (Å²) < 4.78 is 11.9. The molecule has 1 spiro atoms. The predicted octanol–water partition coefficient (Wildman–Crippen LogP) is 1.32. The lowest BCUT2D eigenvalue weighted by Crippen LogP contribution is -2.67. The monoisotopic (exact) mass is 326 g/mol. The van der Waals surface area contributed by atoms with Crippen molar-refractivity contribution in [3.63, 3.8) is 0 Å². The fraction of sp³-hybridized carbons (Fsp3) is 0.412. The number of nitrogens with zero attached hydrogens (tertiary/aromatic N) is 4. The van der Waals surface area contributed by atoms with E-state index >= 15 is 0 Å². The molecule has 7 nitrogen and oxygen atoms in total. The quantitative estimate of drug-likeness (QED) is 0.847. The summed E-state index contributed by atoms with van der Waals surface area (Å²) in [5, 5.41) is 0. The van der Waals surface area contributed by atoms with Crippen molar-refractivity contribution >= 4 is 5.91 Å². The van der Waals surface area contributed by atoms with E-state index < -0.39 is 0 Å². The number of ether oxygens (including phenoxy) is 2. The molecule has 0 radical (unpaired) electrons. The summed E-state index contributed by atoms with van der Waals surface area (Å²) >= 11 is 0. The van der Waals surface area contributed by atoms with E-state index in [1.807, 2.05) is 18.2 Å². The molecule has 124 valence electrons. The van der Waals surface area contributed by atoms with Gasteiger partial charge >= 0.3 is 0 Å². The molecule has 2 aromatic rings. The summed E-state index contributed by atoms with van der Waals surface area (Å²) in [6.45, 7) is 1.75. The fourth-order valence-electron chi connectivity index (χ4n) is 3.26. The van der Waals surface area contributed by atoms with Crippen molar-refractivity contribution in [3.8, 4) is 5.88 Å². The Bertz CT molecular complexity index is 704. The molecule has 2 aliphatic heterocycles. The van der Waals surface area contributed by atoms with Gasteiger partial charge in [-0.25, -0.2) is 9.97 Å². The number of pyridine rings is 1. The van der Waals surface area contributed by atoms with Crippen LogP contribution in [-0.4, -0.2) is 57.2 Å². The van der Waals surface area contributed by atoms with Gasteiger partial charge in [0, 0.05) is 37.5 Å². The van der Waals surface area contributed by atoms with E-state index in [1.54, 1.807) is 17.3 Å². The molecule has 2 aliphatic rings. The van der Waals surface area contributed by atoms with E-state index in [2.05, 4.69) is 15.0 Å². The van der Waals surface area contributed by atoms with Crippen LogP contribution in [0.5, 0.6) is 5.88 Å². The molecule has 0 aromatic carbocycles. The van der Waals surface area contributed by atoms with Crippen LogP contribution in [0.2, 0.25) is 0 Å². The number of aromatic nitrogens is 3. The molecule has 2 fully saturated rings. The highest BCUT2D eigenvalue weighted by atomic mass is 16.5. The maximum atomic E-state index is 12.4. The van der Waals surface area contributed by atoms with E-state index in [9.17, 15) is 4.79 Å². The number of hydrogen-bond donors (Lipinski definition) is 0. The zero-order valence-electron chi connectivity index (χ0n) is 13.2. The lowest BCUT2D eigenvalue weighted by atomic mass is 9.84. The molecule has 2 aromatic heterocycles. The topological polar surface area (TPSA) is 77.4 Å². The van der Waals surface area contributed by atoms with Crippen LogP contribution in [0.25, 0.3) is 0 Å². The number of likely N-dealkylation sites (tertiary alicyclic amines) is 1. The van der Waals surface area contributed by atoms with E-state index in [-0.39, 0.29) is 17.6 Å². The zero-order chi connectivity index (χ0) is 16.4. The second-order valence-electron chi connectivity index (χ2n) is 6.18. The third kappa shape index (κ3) is 2.94. The summed E-state index contributed by atoms with van der Waals surface area (Å²) in [5.74, 6) is 0.524. The maximum absolute atomic E-state index is 12.4. The van der Waals surface area contributed by atoms with Crippen molar-refractivity contribution in [1.82, 2.24) is 19.9 Å². The smallest absolute Gasteiger partial charge is 0.274 e. The Balaban J connectivity index is 1.36. The number of rotatable bonds is 3. The Kier molecular flexibility index (Phi) is 3.86. The lowest BCUT2D eigenvalue weighted by molar-refractivity contribution is -0.174. The number of hydrogen-bond acceptors (Lipinski definition) is 6. The second-order valence-corrected chi connectivity index (χ2v) is 6.18. The third-order valence-corrected chi connectivity index (χ3v) is 4.40. The molecule has 4 rings (SSSR count). The van der Waals surface area contributed by atoms with Crippen molar-refractivity contribution in [2.24, 2.45) is 0 Å². The molecular formula is C17H18N4O3. The molecule has 4 heterocycles. The highest BCUT2D eigenvalue weighted by Crippen LogP contribution is 2.36. The van der Waals surface area contributed by atoms with Gasteiger partial charge in [-0.1, -0.05) is 6.07 Å². The highest BCUT2D eigenvalue weighted by molar-refractivity contribution is 5.92. The van der Waals surface area contributed by atoms with Gasteiger partial charge in [0.15, 0.2) is 0 Å². The molecular weight excluding hydrogens is 308 g/mol. The molecule has 7 heteroatoms. The number of carbonyl (C=O) groups is 1. The Hall–Kier alpha value is -2.54. The van der Waals surface area contributed by atoms with Gasteiger partial charge in [-0.15, -0.1) is 0 Å². The van der Waals surface area contributed by atoms with Crippen LogP contribution < -0.4 is 4.74 Å². The SMILES string of the molecule is O=C(c1cnccn1)N1CC2(C[C@H](Oc3ccccn3)CCO2)C1. The zero-order valence-corrected chi connectivity index (χ0v) is 13.2. The molecule has 0 saturated carbocycles. The Morgan fingerprint density at radius 1 is 1.25 bits per heavy atom. The van der Waals surface area contributed by atoms with Crippen LogP contribution in [0, 0.1) is 0 Å². The van der Waals surface area contributed by atoms with E-state index in [0.29, 0.717) is 31.3 Å². The summed E-state index contributed by atoms with van der Waals surface area (Å²) in [6, 6.07) is 5.62. The summed E-state index contributed by atoms with van der Waals surface area (Å²) in [4.78, 5) is 26.3. The molecule has 1 amide bonds.